The first-order valence-electron chi connectivity index (χ1n) is 6.93. The van der Waals surface area contributed by atoms with Gasteiger partial charge in [0.15, 0.2) is 0 Å². The van der Waals surface area contributed by atoms with E-state index in [0.717, 1.165) is 6.42 Å². The van der Waals surface area contributed by atoms with Gasteiger partial charge >= 0.3 is 6.00 Å². The molecule has 21 heavy (non-hydrogen) atoms. The van der Waals surface area contributed by atoms with Gasteiger partial charge in [0.25, 0.3) is 0 Å². The van der Waals surface area contributed by atoms with Gasteiger partial charge in [-0.1, -0.05) is 48.5 Å². The van der Waals surface area contributed by atoms with Crippen LogP contribution in [-0.4, -0.2) is 6.00 Å². The Morgan fingerprint density at radius 3 is 1.62 bits per heavy atom. The van der Waals surface area contributed by atoms with E-state index < -0.39 is 6.00 Å². The molecule has 3 aromatic rings. The summed E-state index contributed by atoms with van der Waals surface area (Å²) in [5, 5.41) is 5.13. The van der Waals surface area contributed by atoms with Gasteiger partial charge in [-0.3, -0.25) is 0 Å². The van der Waals surface area contributed by atoms with Crippen molar-refractivity contribution >= 4 is 60.8 Å². The lowest BCUT2D eigenvalue weighted by Gasteiger charge is -2.16. The predicted octanol–water partition coefficient (Wildman–Crippen LogP) is 6.50. The van der Waals surface area contributed by atoms with Gasteiger partial charge in [-0.15, -0.1) is 33.2 Å². The summed E-state index contributed by atoms with van der Waals surface area (Å²) < 4.78 is 0. The Balaban J connectivity index is 2.29. The quantitative estimate of drug-likeness (QED) is 0.286. The van der Waals surface area contributed by atoms with Gasteiger partial charge in [-0.25, -0.2) is 0 Å². The van der Waals surface area contributed by atoms with E-state index in [1.807, 2.05) is 0 Å². The van der Waals surface area contributed by atoms with Crippen molar-refractivity contribution in [3.05, 3.63) is 59.7 Å². The zero-order valence-corrected chi connectivity index (χ0v) is 14.9. The van der Waals surface area contributed by atoms with Crippen molar-refractivity contribution in [2.75, 3.05) is 0 Å². The first-order chi connectivity index (χ1) is 9.97. The number of hydrogen-bond acceptors (Lipinski definition) is 0. The number of halogens is 3. The van der Waals surface area contributed by atoms with Gasteiger partial charge in [0.1, 0.15) is 0 Å². The molecule has 0 unspecified atom stereocenters. The number of rotatable bonds is 3. The van der Waals surface area contributed by atoms with Gasteiger partial charge in [0, 0.05) is 0 Å². The lowest BCUT2D eigenvalue weighted by molar-refractivity contribution is 1.16. The normalized spacial score (nSPS) is 12.2. The zero-order chi connectivity index (χ0) is 15.0. The predicted molar refractivity (Wildman–Crippen MR) is 98.0 cm³/mol. The van der Waals surface area contributed by atoms with Crippen LogP contribution in [0.3, 0.4) is 0 Å². The topological polar surface area (TPSA) is 0 Å². The molecule has 0 fully saturated rings. The average Bonchev–Trinajstić information content (AvgIpc) is 2.46. The Morgan fingerprint density at radius 1 is 0.762 bits per heavy atom. The molecule has 0 atom stereocenters. The molecule has 0 radical (unpaired) electrons. The summed E-state index contributed by atoms with van der Waals surface area (Å²) in [4.78, 5) is 0. The molecular formula is C17H15Cl3Si. The maximum atomic E-state index is 6.09. The molecule has 0 spiro atoms. The highest BCUT2D eigenvalue weighted by atomic mass is 35.8. The molecule has 0 N–H and O–H groups in total. The highest BCUT2D eigenvalue weighted by molar-refractivity contribution is 7.64. The summed E-state index contributed by atoms with van der Waals surface area (Å²) in [5.41, 5.74) is 2.61. The minimum Gasteiger partial charge on any atom is -0.126 e. The van der Waals surface area contributed by atoms with Crippen LogP contribution in [0.4, 0.5) is 0 Å². The van der Waals surface area contributed by atoms with Gasteiger partial charge in [-0.2, -0.15) is 0 Å². The maximum absolute atomic E-state index is 6.09. The Morgan fingerprint density at radius 2 is 1.19 bits per heavy atom. The van der Waals surface area contributed by atoms with Crippen LogP contribution in [0.2, 0.25) is 6.04 Å². The summed E-state index contributed by atoms with van der Waals surface area (Å²) in [6.07, 6.45) is 0.810. The van der Waals surface area contributed by atoms with Crippen LogP contribution < -0.4 is 0 Å². The molecule has 108 valence electrons. The standard InChI is InChI=1S/C17H15Cl3Si/c1-12-13-6-2-4-8-15(13)17(10-11-21(18,19)20)16-9-5-3-7-14(12)16/h2-9H,10-11H2,1H3. The van der Waals surface area contributed by atoms with E-state index in [2.05, 4.69) is 55.5 Å². The second kappa shape index (κ2) is 5.81. The highest BCUT2D eigenvalue weighted by Gasteiger charge is 2.25. The molecule has 0 heterocycles. The van der Waals surface area contributed by atoms with E-state index in [4.69, 9.17) is 33.2 Å². The third-order valence-electron chi connectivity index (χ3n) is 3.97. The minimum absolute atomic E-state index is 0.648. The second-order valence-corrected chi connectivity index (χ2v) is 14.6. The lowest BCUT2D eigenvalue weighted by atomic mass is 9.91. The molecule has 0 saturated carbocycles. The van der Waals surface area contributed by atoms with E-state index in [9.17, 15) is 0 Å². The third-order valence-corrected chi connectivity index (χ3v) is 6.49. The smallest absolute Gasteiger partial charge is 0.126 e. The van der Waals surface area contributed by atoms with E-state index in [0.29, 0.717) is 6.04 Å². The Kier molecular flexibility index (Phi) is 4.20. The monoisotopic (exact) mass is 352 g/mol. The molecule has 0 aliphatic heterocycles. The van der Waals surface area contributed by atoms with Gasteiger partial charge in [0.2, 0.25) is 0 Å². The van der Waals surface area contributed by atoms with Gasteiger partial charge < -0.3 is 0 Å². The molecular weight excluding hydrogens is 339 g/mol. The summed E-state index contributed by atoms with van der Waals surface area (Å²) >= 11 is 18.3. The van der Waals surface area contributed by atoms with E-state index in [-0.39, 0.29) is 0 Å². The molecule has 0 aliphatic rings. The molecule has 0 aromatic heterocycles. The van der Waals surface area contributed by atoms with Crippen LogP contribution in [0, 0.1) is 6.92 Å². The Bertz CT molecular complexity index is 749. The van der Waals surface area contributed by atoms with E-state index >= 15 is 0 Å². The van der Waals surface area contributed by atoms with Crippen molar-refractivity contribution in [2.24, 2.45) is 0 Å². The molecule has 0 amide bonds. The molecule has 0 nitrogen and oxygen atoms in total. The van der Waals surface area contributed by atoms with Crippen molar-refractivity contribution in [2.45, 2.75) is 19.4 Å². The van der Waals surface area contributed by atoms with Crippen LogP contribution in [0.15, 0.2) is 48.5 Å². The van der Waals surface area contributed by atoms with Crippen LogP contribution in [0.25, 0.3) is 21.5 Å². The highest BCUT2D eigenvalue weighted by Crippen LogP contribution is 2.35. The summed E-state index contributed by atoms with van der Waals surface area (Å²) in [5.74, 6) is 0. The number of aryl methyl sites for hydroxylation is 2. The Hall–Kier alpha value is -0.733. The van der Waals surface area contributed by atoms with Crippen LogP contribution in [0.5, 0.6) is 0 Å². The van der Waals surface area contributed by atoms with E-state index in [1.165, 1.54) is 32.7 Å². The minimum atomic E-state index is -2.61. The lowest BCUT2D eigenvalue weighted by Crippen LogP contribution is -2.10. The van der Waals surface area contributed by atoms with Crippen LogP contribution >= 0.6 is 33.2 Å². The Labute approximate surface area is 139 Å². The summed E-state index contributed by atoms with van der Waals surface area (Å²) in [7, 11) is 0. The SMILES string of the molecule is Cc1c2ccccc2c(CC[Si](Cl)(Cl)Cl)c2ccccc12. The fourth-order valence-corrected chi connectivity index (χ4v) is 4.36. The van der Waals surface area contributed by atoms with E-state index in [1.54, 1.807) is 0 Å². The van der Waals surface area contributed by atoms with Crippen molar-refractivity contribution in [1.29, 1.82) is 0 Å². The largest absolute Gasteiger partial charge is 0.341 e. The second-order valence-electron chi connectivity index (χ2n) is 5.31. The van der Waals surface area contributed by atoms with Crippen molar-refractivity contribution < 1.29 is 0 Å². The fraction of sp³-hybridized carbons (Fsp3) is 0.176. The first-order valence-corrected chi connectivity index (χ1v) is 12.2. The molecule has 3 aromatic carbocycles. The van der Waals surface area contributed by atoms with Crippen molar-refractivity contribution in [1.82, 2.24) is 0 Å². The maximum Gasteiger partial charge on any atom is 0.341 e. The molecule has 3 rings (SSSR count). The molecule has 4 heteroatoms. The van der Waals surface area contributed by atoms with Gasteiger partial charge in [0.05, 0.1) is 0 Å². The molecule has 0 saturated heterocycles. The summed E-state index contributed by atoms with van der Waals surface area (Å²) in [6.45, 7) is 2.18. The molecule has 0 bridgehead atoms. The van der Waals surface area contributed by atoms with Crippen LogP contribution in [-0.2, 0) is 6.42 Å². The van der Waals surface area contributed by atoms with Crippen molar-refractivity contribution in [3.8, 4) is 0 Å². The summed E-state index contributed by atoms with van der Waals surface area (Å²) in [6, 6.07) is 15.0. The number of benzene rings is 3. The first kappa shape index (κ1) is 15.2. The third kappa shape index (κ3) is 3.07. The zero-order valence-electron chi connectivity index (χ0n) is 11.7. The van der Waals surface area contributed by atoms with Crippen molar-refractivity contribution in [3.63, 3.8) is 0 Å². The number of fused-ring (bicyclic) bond motifs is 2. The average molecular weight is 354 g/mol. The fourth-order valence-electron chi connectivity index (χ4n) is 2.97. The van der Waals surface area contributed by atoms with Gasteiger partial charge in [-0.05, 0) is 52.1 Å². The number of hydrogen-bond donors (Lipinski definition) is 0. The molecule has 0 aliphatic carbocycles. The van der Waals surface area contributed by atoms with Crippen LogP contribution in [0.1, 0.15) is 11.1 Å².